The van der Waals surface area contributed by atoms with E-state index in [2.05, 4.69) is 60.4 Å². The number of benzene rings is 3. The van der Waals surface area contributed by atoms with Crippen molar-refractivity contribution in [2.24, 2.45) is 0 Å². The van der Waals surface area contributed by atoms with Gasteiger partial charge in [0.2, 0.25) is 0 Å². The first kappa shape index (κ1) is 28.5. The van der Waals surface area contributed by atoms with Gasteiger partial charge in [0.05, 0.1) is 12.7 Å². The van der Waals surface area contributed by atoms with E-state index in [9.17, 15) is 5.11 Å². The third-order valence-corrected chi connectivity index (χ3v) is 7.25. The number of halogens is 2. The lowest BCUT2D eigenvalue weighted by atomic mass is 9.99. The van der Waals surface area contributed by atoms with Gasteiger partial charge in [0.25, 0.3) is 0 Å². The molecule has 1 N–H and O–H groups in total. The number of aryl methyl sites for hydroxylation is 1. The molecule has 0 radical (unpaired) electrons. The Bertz CT molecular complexity index is 1060. The summed E-state index contributed by atoms with van der Waals surface area (Å²) in [7, 11) is 0. The maximum Gasteiger partial charge on any atom is 0.119 e. The fourth-order valence-electron chi connectivity index (χ4n) is 5.07. The van der Waals surface area contributed by atoms with Crippen molar-refractivity contribution in [3.8, 4) is 5.75 Å². The second-order valence-corrected chi connectivity index (χ2v) is 10.2. The standard InChI is InChI=1S/C31H38ClNO2.ClH/c1-2-3-7-18-35-30-17-16-25-12-9-15-29(20-27(25)21-30)33(22-24-10-5-4-6-11-24)23-31(34)26-13-8-14-28(32)19-26;/h4-6,8,10-11,13-14,16-17,19,21,29,31,34H,2-3,7,9,12,15,18,20,22-23H2,1H3;1H. The monoisotopic (exact) mass is 527 g/mol. The van der Waals surface area contributed by atoms with Crippen LogP contribution in [0, 0.1) is 0 Å². The summed E-state index contributed by atoms with van der Waals surface area (Å²) < 4.78 is 6.07. The van der Waals surface area contributed by atoms with Crippen molar-refractivity contribution in [1.29, 1.82) is 0 Å². The molecule has 0 aliphatic heterocycles. The van der Waals surface area contributed by atoms with Crippen LogP contribution in [0.25, 0.3) is 0 Å². The molecule has 2 unspecified atom stereocenters. The zero-order valence-corrected chi connectivity index (χ0v) is 22.8. The Labute approximate surface area is 227 Å². The molecule has 5 heteroatoms. The zero-order valence-electron chi connectivity index (χ0n) is 21.2. The van der Waals surface area contributed by atoms with Crippen molar-refractivity contribution in [1.82, 2.24) is 4.90 Å². The highest BCUT2D eigenvalue weighted by Crippen LogP contribution is 2.30. The molecule has 1 aliphatic rings. The summed E-state index contributed by atoms with van der Waals surface area (Å²) in [6.45, 7) is 4.38. The molecule has 0 saturated carbocycles. The number of fused-ring (bicyclic) bond motifs is 1. The normalized spacial score (nSPS) is 16.1. The third kappa shape index (κ3) is 8.24. The summed E-state index contributed by atoms with van der Waals surface area (Å²) in [4.78, 5) is 2.46. The minimum absolute atomic E-state index is 0. The van der Waals surface area contributed by atoms with Crippen LogP contribution in [0.4, 0.5) is 0 Å². The van der Waals surface area contributed by atoms with Gasteiger partial charge in [-0.25, -0.2) is 0 Å². The van der Waals surface area contributed by atoms with Crippen LogP contribution in [0.1, 0.15) is 67.4 Å². The van der Waals surface area contributed by atoms with E-state index in [0.717, 1.165) is 56.6 Å². The van der Waals surface area contributed by atoms with Gasteiger partial charge in [-0.1, -0.05) is 79.9 Å². The minimum atomic E-state index is -0.589. The second-order valence-electron chi connectivity index (χ2n) is 9.72. The molecule has 0 bridgehead atoms. The lowest BCUT2D eigenvalue weighted by Crippen LogP contribution is -2.39. The Morgan fingerprint density at radius 3 is 2.61 bits per heavy atom. The van der Waals surface area contributed by atoms with Gasteiger partial charge < -0.3 is 9.84 Å². The number of ether oxygens (including phenoxy) is 1. The van der Waals surface area contributed by atoms with E-state index < -0.39 is 6.10 Å². The van der Waals surface area contributed by atoms with Gasteiger partial charge in [0.1, 0.15) is 5.75 Å². The quantitative estimate of drug-likeness (QED) is 0.204. The average Bonchev–Trinajstić information content (AvgIpc) is 3.09. The molecule has 3 aromatic carbocycles. The van der Waals surface area contributed by atoms with Gasteiger partial charge in [0, 0.05) is 24.2 Å². The van der Waals surface area contributed by atoms with Crippen molar-refractivity contribution in [2.45, 2.75) is 70.6 Å². The molecular weight excluding hydrogens is 489 g/mol. The Kier molecular flexibility index (Phi) is 11.6. The summed E-state index contributed by atoms with van der Waals surface area (Å²) >= 11 is 6.21. The highest BCUT2D eigenvalue weighted by Gasteiger charge is 2.26. The van der Waals surface area contributed by atoms with Crippen molar-refractivity contribution in [3.63, 3.8) is 0 Å². The summed E-state index contributed by atoms with van der Waals surface area (Å²) in [5.74, 6) is 0.981. The van der Waals surface area contributed by atoms with Crippen LogP contribution in [0.5, 0.6) is 5.75 Å². The Balaban J connectivity index is 0.00000361. The van der Waals surface area contributed by atoms with Gasteiger partial charge in [-0.05, 0) is 78.6 Å². The van der Waals surface area contributed by atoms with Crippen LogP contribution >= 0.6 is 24.0 Å². The number of aliphatic hydroxyl groups excluding tert-OH is 1. The third-order valence-electron chi connectivity index (χ3n) is 7.02. The van der Waals surface area contributed by atoms with Crippen LogP contribution in [-0.4, -0.2) is 29.2 Å². The van der Waals surface area contributed by atoms with Crippen LogP contribution in [0.2, 0.25) is 5.02 Å². The van der Waals surface area contributed by atoms with E-state index in [1.165, 1.54) is 29.5 Å². The van der Waals surface area contributed by atoms with Crippen molar-refractivity contribution in [3.05, 3.63) is 100 Å². The number of unbranched alkanes of at least 4 members (excludes halogenated alkanes) is 2. The summed E-state index contributed by atoms with van der Waals surface area (Å²) in [5.41, 5.74) is 4.95. The number of aliphatic hydroxyl groups is 1. The summed E-state index contributed by atoms with van der Waals surface area (Å²) in [5, 5.41) is 11.8. The molecule has 4 rings (SSSR count). The predicted octanol–water partition coefficient (Wildman–Crippen LogP) is 7.81. The SMILES string of the molecule is CCCCCOc1ccc2c(c1)CC(N(Cc1ccccc1)CC(O)c1cccc(Cl)c1)CCC2.Cl. The highest BCUT2D eigenvalue weighted by molar-refractivity contribution is 6.30. The number of nitrogens with zero attached hydrogens (tertiary/aromatic N) is 1. The molecule has 0 spiro atoms. The molecule has 2 atom stereocenters. The molecule has 1 aliphatic carbocycles. The molecule has 0 saturated heterocycles. The zero-order chi connectivity index (χ0) is 24.5. The van der Waals surface area contributed by atoms with Crippen LogP contribution in [0.3, 0.4) is 0 Å². The fraction of sp³-hybridized carbons (Fsp3) is 0.419. The first-order chi connectivity index (χ1) is 17.1. The number of hydrogen-bond donors (Lipinski definition) is 1. The van der Waals surface area contributed by atoms with Gasteiger partial charge >= 0.3 is 0 Å². The van der Waals surface area contributed by atoms with Crippen molar-refractivity contribution >= 4 is 24.0 Å². The number of hydrogen-bond acceptors (Lipinski definition) is 3. The molecule has 0 heterocycles. The topological polar surface area (TPSA) is 32.7 Å². The Morgan fingerprint density at radius 1 is 1.00 bits per heavy atom. The van der Waals surface area contributed by atoms with Crippen LogP contribution < -0.4 is 4.74 Å². The van der Waals surface area contributed by atoms with Gasteiger partial charge in [-0.3, -0.25) is 4.90 Å². The van der Waals surface area contributed by atoms with E-state index in [4.69, 9.17) is 16.3 Å². The van der Waals surface area contributed by atoms with Crippen LogP contribution in [-0.2, 0) is 19.4 Å². The first-order valence-corrected chi connectivity index (χ1v) is 13.5. The summed E-state index contributed by atoms with van der Waals surface area (Å²) in [6, 6.07) is 25.2. The summed E-state index contributed by atoms with van der Waals surface area (Å²) in [6.07, 6.45) is 7.23. The van der Waals surface area contributed by atoms with Gasteiger partial charge in [-0.15, -0.1) is 12.4 Å². The minimum Gasteiger partial charge on any atom is -0.494 e. The molecule has 3 aromatic rings. The van der Waals surface area contributed by atoms with E-state index in [1.807, 2.05) is 24.3 Å². The van der Waals surface area contributed by atoms with Crippen LogP contribution in [0.15, 0.2) is 72.8 Å². The van der Waals surface area contributed by atoms with Crippen molar-refractivity contribution < 1.29 is 9.84 Å². The van der Waals surface area contributed by atoms with Gasteiger partial charge in [-0.2, -0.15) is 0 Å². The van der Waals surface area contributed by atoms with E-state index in [-0.39, 0.29) is 12.4 Å². The van der Waals surface area contributed by atoms with Gasteiger partial charge in [0.15, 0.2) is 0 Å². The van der Waals surface area contributed by atoms with E-state index in [1.54, 1.807) is 0 Å². The average molecular weight is 529 g/mol. The van der Waals surface area contributed by atoms with E-state index in [0.29, 0.717) is 17.6 Å². The lowest BCUT2D eigenvalue weighted by molar-refractivity contribution is 0.0778. The molecule has 0 fully saturated rings. The first-order valence-electron chi connectivity index (χ1n) is 13.1. The number of rotatable bonds is 11. The maximum atomic E-state index is 11.2. The molecule has 3 nitrogen and oxygen atoms in total. The maximum absolute atomic E-state index is 11.2. The molecule has 194 valence electrons. The molecule has 36 heavy (non-hydrogen) atoms. The smallest absolute Gasteiger partial charge is 0.119 e. The second kappa shape index (κ2) is 14.6. The fourth-order valence-corrected chi connectivity index (χ4v) is 5.26. The largest absolute Gasteiger partial charge is 0.494 e. The highest BCUT2D eigenvalue weighted by atomic mass is 35.5. The molecule has 0 amide bonds. The Hall–Kier alpha value is -2.04. The van der Waals surface area contributed by atoms with Crippen molar-refractivity contribution in [2.75, 3.05) is 13.2 Å². The Morgan fingerprint density at radius 2 is 1.83 bits per heavy atom. The molecular formula is C31H39Cl2NO2. The lowest BCUT2D eigenvalue weighted by Gasteiger charge is -2.33. The predicted molar refractivity (Wildman–Crippen MR) is 152 cm³/mol. The van der Waals surface area contributed by atoms with E-state index >= 15 is 0 Å². The molecule has 0 aromatic heterocycles.